The molecular weight excluding hydrogens is 404 g/mol. The summed E-state index contributed by atoms with van der Waals surface area (Å²) < 4.78 is 12.5. The first-order chi connectivity index (χ1) is 15.7. The number of ether oxygens (including phenoxy) is 1. The number of carbonyl (C=O) groups is 1. The molecule has 0 saturated heterocycles. The van der Waals surface area contributed by atoms with Crippen LogP contribution in [0.2, 0.25) is 0 Å². The van der Waals surface area contributed by atoms with Crippen molar-refractivity contribution in [3.05, 3.63) is 103 Å². The summed E-state index contributed by atoms with van der Waals surface area (Å²) in [6, 6.07) is 18.4. The highest BCUT2D eigenvalue weighted by Crippen LogP contribution is 2.31. The number of ketones is 1. The molecule has 7 heteroatoms. The molecule has 0 amide bonds. The Labute approximate surface area is 184 Å². The Bertz CT molecular complexity index is 1340. The molecule has 0 aliphatic carbocycles. The molecule has 1 atom stereocenters. The van der Waals surface area contributed by atoms with Crippen molar-refractivity contribution in [3.63, 3.8) is 0 Å². The molecule has 7 nitrogen and oxygen atoms in total. The second-order valence-electron chi connectivity index (χ2n) is 7.26. The zero-order valence-corrected chi connectivity index (χ0v) is 17.3. The molecule has 0 radical (unpaired) electrons. The Balaban J connectivity index is 1.58. The van der Waals surface area contributed by atoms with Gasteiger partial charge in [-0.1, -0.05) is 36.4 Å². The van der Waals surface area contributed by atoms with Gasteiger partial charge in [-0.05, 0) is 23.8 Å². The Morgan fingerprint density at radius 2 is 1.91 bits per heavy atom. The summed E-state index contributed by atoms with van der Waals surface area (Å²) in [4.78, 5) is 18.0. The SMILES string of the molecule is COc1cncc(NC(C(=O)c2cocc2-c2ccccc2)c2cc3ccccn3n2)c1. The summed E-state index contributed by atoms with van der Waals surface area (Å²) in [5, 5.41) is 7.92. The number of rotatable bonds is 7. The monoisotopic (exact) mass is 424 g/mol. The van der Waals surface area contributed by atoms with Gasteiger partial charge < -0.3 is 14.5 Å². The lowest BCUT2D eigenvalue weighted by molar-refractivity contribution is 0.0968. The van der Waals surface area contributed by atoms with E-state index in [4.69, 9.17) is 9.15 Å². The second kappa shape index (κ2) is 8.39. The predicted molar refractivity (Wildman–Crippen MR) is 121 cm³/mol. The van der Waals surface area contributed by atoms with Gasteiger partial charge >= 0.3 is 0 Å². The van der Waals surface area contributed by atoms with Gasteiger partial charge in [0.2, 0.25) is 0 Å². The molecule has 0 spiro atoms. The minimum atomic E-state index is -0.760. The number of anilines is 1. The van der Waals surface area contributed by atoms with Crippen LogP contribution in [-0.2, 0) is 0 Å². The number of methoxy groups -OCH3 is 1. The maximum absolute atomic E-state index is 13.8. The van der Waals surface area contributed by atoms with E-state index in [9.17, 15) is 4.79 Å². The Morgan fingerprint density at radius 3 is 2.72 bits per heavy atom. The van der Waals surface area contributed by atoms with E-state index in [2.05, 4.69) is 15.4 Å². The zero-order chi connectivity index (χ0) is 21.9. The van der Waals surface area contributed by atoms with Gasteiger partial charge in [0.05, 0.1) is 48.2 Å². The Morgan fingerprint density at radius 1 is 1.06 bits per heavy atom. The number of nitrogens with zero attached hydrogens (tertiary/aromatic N) is 3. The fourth-order valence-corrected chi connectivity index (χ4v) is 3.63. The van der Waals surface area contributed by atoms with Crippen LogP contribution in [0, 0.1) is 0 Å². The number of nitrogens with one attached hydrogen (secondary N) is 1. The Kier molecular flexibility index (Phi) is 5.13. The maximum atomic E-state index is 13.8. The van der Waals surface area contributed by atoms with Crippen LogP contribution in [0.4, 0.5) is 5.69 Å². The van der Waals surface area contributed by atoms with E-state index >= 15 is 0 Å². The number of furan rings is 1. The molecule has 0 saturated carbocycles. The van der Waals surface area contributed by atoms with E-state index in [1.807, 2.05) is 60.8 Å². The summed E-state index contributed by atoms with van der Waals surface area (Å²) in [5.74, 6) is 0.424. The number of Topliss-reactive ketones (excluding diaryl/α,β-unsaturated/α-hetero) is 1. The van der Waals surface area contributed by atoms with Crippen LogP contribution in [0.1, 0.15) is 22.1 Å². The lowest BCUT2D eigenvalue weighted by atomic mass is 9.96. The quantitative estimate of drug-likeness (QED) is 0.369. The molecule has 1 unspecified atom stereocenters. The van der Waals surface area contributed by atoms with Gasteiger partial charge in [0.1, 0.15) is 18.1 Å². The number of hydrogen-bond acceptors (Lipinski definition) is 6. The van der Waals surface area contributed by atoms with E-state index in [-0.39, 0.29) is 5.78 Å². The largest absolute Gasteiger partial charge is 0.495 e. The van der Waals surface area contributed by atoms with Crippen LogP contribution >= 0.6 is 0 Å². The topological polar surface area (TPSA) is 81.7 Å². The second-order valence-corrected chi connectivity index (χ2v) is 7.26. The minimum Gasteiger partial charge on any atom is -0.495 e. The lowest BCUT2D eigenvalue weighted by Crippen LogP contribution is -2.22. The fourth-order valence-electron chi connectivity index (χ4n) is 3.63. The van der Waals surface area contributed by atoms with Crippen molar-refractivity contribution in [1.29, 1.82) is 0 Å². The van der Waals surface area contributed by atoms with Crippen molar-refractivity contribution in [1.82, 2.24) is 14.6 Å². The van der Waals surface area contributed by atoms with Gasteiger partial charge in [-0.2, -0.15) is 5.10 Å². The van der Waals surface area contributed by atoms with E-state index in [0.717, 1.165) is 16.6 Å². The molecule has 0 aliphatic heterocycles. The molecule has 1 aromatic carbocycles. The third kappa shape index (κ3) is 3.72. The minimum absolute atomic E-state index is 0.163. The number of fused-ring (bicyclic) bond motifs is 1. The van der Waals surface area contributed by atoms with Crippen molar-refractivity contribution in [3.8, 4) is 16.9 Å². The molecule has 158 valence electrons. The summed E-state index contributed by atoms with van der Waals surface area (Å²) in [5.41, 5.74) is 4.23. The van der Waals surface area contributed by atoms with E-state index in [1.54, 1.807) is 36.3 Å². The number of hydrogen-bond donors (Lipinski definition) is 1. The number of aromatic nitrogens is 3. The van der Waals surface area contributed by atoms with Crippen molar-refractivity contribution in [2.24, 2.45) is 0 Å². The summed E-state index contributed by atoms with van der Waals surface area (Å²) in [6.45, 7) is 0. The molecule has 0 fully saturated rings. The standard InChI is InChI=1S/C25H20N4O3/c1-31-20-11-18(13-26-14-20)27-24(23-12-19-9-5-6-10-29(19)28-23)25(30)22-16-32-15-21(22)17-7-3-2-4-8-17/h2-16,24,27H,1H3. The average Bonchev–Trinajstić information content (AvgIpc) is 3.50. The van der Waals surface area contributed by atoms with Gasteiger partial charge in [0.25, 0.3) is 0 Å². The Hall–Kier alpha value is -4.39. The normalized spacial score (nSPS) is 11.9. The number of pyridine rings is 2. The molecular formula is C25H20N4O3. The van der Waals surface area contributed by atoms with Gasteiger partial charge in [0, 0.05) is 17.8 Å². The van der Waals surface area contributed by atoms with Crippen LogP contribution in [0.15, 0.2) is 96.2 Å². The predicted octanol–water partition coefficient (Wildman–Crippen LogP) is 5.03. The highest BCUT2D eigenvalue weighted by Gasteiger charge is 2.28. The van der Waals surface area contributed by atoms with Crippen molar-refractivity contribution >= 4 is 17.0 Å². The van der Waals surface area contributed by atoms with Crippen molar-refractivity contribution < 1.29 is 13.9 Å². The van der Waals surface area contributed by atoms with Gasteiger partial charge in [0.15, 0.2) is 5.78 Å². The lowest BCUT2D eigenvalue weighted by Gasteiger charge is -2.17. The molecule has 4 heterocycles. The zero-order valence-electron chi connectivity index (χ0n) is 17.3. The highest BCUT2D eigenvalue weighted by atomic mass is 16.5. The number of carbonyl (C=O) groups excluding carboxylic acids is 1. The molecule has 1 N–H and O–H groups in total. The van der Waals surface area contributed by atoms with E-state index < -0.39 is 6.04 Å². The van der Waals surface area contributed by atoms with Crippen LogP contribution in [0.3, 0.4) is 0 Å². The molecule has 5 rings (SSSR count). The highest BCUT2D eigenvalue weighted by molar-refractivity contribution is 6.06. The first-order valence-electron chi connectivity index (χ1n) is 10.1. The van der Waals surface area contributed by atoms with Gasteiger partial charge in [-0.25, -0.2) is 4.52 Å². The first-order valence-corrected chi connectivity index (χ1v) is 10.1. The van der Waals surface area contributed by atoms with Crippen LogP contribution in [0.25, 0.3) is 16.6 Å². The van der Waals surface area contributed by atoms with Crippen LogP contribution < -0.4 is 10.1 Å². The summed E-state index contributed by atoms with van der Waals surface area (Å²) >= 11 is 0. The molecule has 4 aromatic heterocycles. The first kappa shape index (κ1) is 19.6. The van der Waals surface area contributed by atoms with Gasteiger partial charge in [-0.3, -0.25) is 9.78 Å². The third-order valence-electron chi connectivity index (χ3n) is 5.22. The van der Waals surface area contributed by atoms with Crippen molar-refractivity contribution in [2.75, 3.05) is 12.4 Å². The van der Waals surface area contributed by atoms with Crippen LogP contribution in [0.5, 0.6) is 5.75 Å². The van der Waals surface area contributed by atoms with Gasteiger partial charge in [-0.15, -0.1) is 0 Å². The number of benzene rings is 1. The third-order valence-corrected chi connectivity index (χ3v) is 5.22. The molecule has 32 heavy (non-hydrogen) atoms. The molecule has 0 aliphatic rings. The van der Waals surface area contributed by atoms with E-state index in [1.165, 1.54) is 6.26 Å². The maximum Gasteiger partial charge on any atom is 0.195 e. The van der Waals surface area contributed by atoms with Crippen LogP contribution in [-0.4, -0.2) is 27.5 Å². The molecule has 5 aromatic rings. The summed E-state index contributed by atoms with van der Waals surface area (Å²) in [7, 11) is 1.57. The van der Waals surface area contributed by atoms with E-state index in [0.29, 0.717) is 22.7 Å². The van der Waals surface area contributed by atoms with Crippen molar-refractivity contribution in [2.45, 2.75) is 6.04 Å². The summed E-state index contributed by atoms with van der Waals surface area (Å²) in [6.07, 6.45) is 8.18. The average molecular weight is 424 g/mol. The molecule has 0 bridgehead atoms. The fraction of sp³-hybridized carbons (Fsp3) is 0.0800. The smallest absolute Gasteiger partial charge is 0.195 e.